The first-order valence-electron chi connectivity index (χ1n) is 1.66. The van der Waals surface area contributed by atoms with Crippen molar-refractivity contribution in [1.82, 2.24) is 0 Å². The molecule has 0 fully saturated rings. The van der Waals surface area contributed by atoms with Gasteiger partial charge in [0.1, 0.15) is 0 Å². The fraction of sp³-hybridized carbons (Fsp3) is 0.200. The molecule has 0 aliphatic carbocycles. The highest BCUT2D eigenvalue weighted by Crippen LogP contribution is 1.89. The molecule has 0 nitrogen and oxygen atoms in total. The Hall–Kier alpha value is 0.0700. The monoisotopic (exact) mass is 178 g/mol. The highest BCUT2D eigenvalue weighted by atomic mass is 79.9. The van der Waals surface area contributed by atoms with Gasteiger partial charge in [0.25, 0.3) is 0 Å². The smallest absolute Gasteiger partial charge is 0.0548 e. The SMILES string of the molecule is C=C(C#CBr)CCl. The molecule has 0 saturated carbocycles. The van der Waals surface area contributed by atoms with E-state index in [4.69, 9.17) is 11.6 Å². The molecule has 0 unspecified atom stereocenters. The number of alkyl halides is 1. The van der Waals surface area contributed by atoms with Gasteiger partial charge in [-0.2, -0.15) is 0 Å². The van der Waals surface area contributed by atoms with E-state index in [1.54, 1.807) is 0 Å². The Labute approximate surface area is 56.7 Å². The van der Waals surface area contributed by atoms with Gasteiger partial charge in [-0.25, -0.2) is 0 Å². The quantitative estimate of drug-likeness (QED) is 0.427. The van der Waals surface area contributed by atoms with Gasteiger partial charge in [-0.05, 0) is 4.83 Å². The zero-order chi connectivity index (χ0) is 5.70. The van der Waals surface area contributed by atoms with Crippen molar-refractivity contribution in [3.05, 3.63) is 12.2 Å². The van der Waals surface area contributed by atoms with Gasteiger partial charge in [0.05, 0.1) is 5.88 Å². The maximum Gasteiger partial charge on any atom is 0.0548 e. The zero-order valence-corrected chi connectivity index (χ0v) is 6.01. The van der Waals surface area contributed by atoms with Crippen molar-refractivity contribution in [2.75, 3.05) is 5.88 Å². The van der Waals surface area contributed by atoms with Crippen LogP contribution in [-0.4, -0.2) is 5.88 Å². The summed E-state index contributed by atoms with van der Waals surface area (Å²) in [5.74, 6) is 3.05. The van der Waals surface area contributed by atoms with Gasteiger partial charge in [0.2, 0.25) is 0 Å². The van der Waals surface area contributed by atoms with Crippen molar-refractivity contribution in [2.24, 2.45) is 0 Å². The lowest BCUT2D eigenvalue weighted by Crippen LogP contribution is -1.71. The van der Waals surface area contributed by atoms with Crippen LogP contribution in [-0.2, 0) is 0 Å². The summed E-state index contributed by atoms with van der Waals surface area (Å²) in [6, 6.07) is 0. The summed E-state index contributed by atoms with van der Waals surface area (Å²) in [5, 5.41) is 0. The maximum atomic E-state index is 5.31. The number of halogens is 2. The van der Waals surface area contributed by atoms with Gasteiger partial charge in [-0.15, -0.1) is 11.6 Å². The van der Waals surface area contributed by atoms with Crippen LogP contribution in [0, 0.1) is 10.8 Å². The van der Waals surface area contributed by atoms with Gasteiger partial charge >= 0.3 is 0 Å². The molecule has 0 aliphatic rings. The third kappa shape index (κ3) is 3.91. The molecule has 0 saturated heterocycles. The molecule has 0 aromatic rings. The summed E-state index contributed by atoms with van der Waals surface area (Å²) in [5.41, 5.74) is 0.735. The Morgan fingerprint density at radius 1 is 1.86 bits per heavy atom. The summed E-state index contributed by atoms with van der Waals surface area (Å²) in [7, 11) is 0. The number of hydrogen-bond donors (Lipinski definition) is 0. The molecule has 0 aromatic heterocycles. The second kappa shape index (κ2) is 4.23. The Kier molecular flexibility index (Phi) is 4.28. The molecule has 2 heteroatoms. The zero-order valence-electron chi connectivity index (χ0n) is 3.67. The molecule has 7 heavy (non-hydrogen) atoms. The summed E-state index contributed by atoms with van der Waals surface area (Å²) in [6.07, 6.45) is 0. The molecule has 0 bridgehead atoms. The third-order valence-corrected chi connectivity index (χ3v) is 0.906. The summed E-state index contributed by atoms with van der Waals surface area (Å²) >= 11 is 8.22. The van der Waals surface area contributed by atoms with Crippen molar-refractivity contribution >= 4 is 27.5 Å². The first kappa shape index (κ1) is 7.07. The van der Waals surface area contributed by atoms with E-state index in [1.165, 1.54) is 0 Å². The topological polar surface area (TPSA) is 0 Å². The van der Waals surface area contributed by atoms with E-state index in [0.717, 1.165) is 5.57 Å². The number of rotatable bonds is 1. The van der Waals surface area contributed by atoms with Gasteiger partial charge in [-0.3, -0.25) is 0 Å². The van der Waals surface area contributed by atoms with Crippen LogP contribution in [0.4, 0.5) is 0 Å². The summed E-state index contributed by atoms with van der Waals surface area (Å²) < 4.78 is 0. The Bertz CT molecular complexity index is 118. The van der Waals surface area contributed by atoms with Crippen molar-refractivity contribution < 1.29 is 0 Å². The molecule has 38 valence electrons. The third-order valence-electron chi connectivity index (χ3n) is 0.385. The molecule has 0 heterocycles. The molecular formula is C5H4BrCl. The molecule has 0 atom stereocenters. The normalized spacial score (nSPS) is 6.57. The molecule has 0 aliphatic heterocycles. The van der Waals surface area contributed by atoms with Crippen LogP contribution in [0.2, 0.25) is 0 Å². The van der Waals surface area contributed by atoms with Gasteiger partial charge in [0.15, 0.2) is 0 Å². The molecule has 0 radical (unpaired) electrons. The first-order chi connectivity index (χ1) is 3.31. The van der Waals surface area contributed by atoms with Crippen LogP contribution in [0.3, 0.4) is 0 Å². The minimum atomic E-state index is 0.415. The largest absolute Gasteiger partial charge is 0.121 e. The highest BCUT2D eigenvalue weighted by Gasteiger charge is 1.77. The molecule has 0 amide bonds. The second-order valence-corrected chi connectivity index (χ2v) is 1.62. The van der Waals surface area contributed by atoms with Crippen LogP contribution >= 0.6 is 27.5 Å². The van der Waals surface area contributed by atoms with Crippen LogP contribution in [0.5, 0.6) is 0 Å². The van der Waals surface area contributed by atoms with E-state index in [0.29, 0.717) is 5.88 Å². The van der Waals surface area contributed by atoms with Crippen molar-refractivity contribution in [2.45, 2.75) is 0 Å². The second-order valence-electron chi connectivity index (χ2n) is 0.957. The molecule has 0 N–H and O–H groups in total. The van der Waals surface area contributed by atoms with Crippen LogP contribution in [0.15, 0.2) is 12.2 Å². The maximum absolute atomic E-state index is 5.31. The van der Waals surface area contributed by atoms with E-state index in [9.17, 15) is 0 Å². The predicted molar refractivity (Wildman–Crippen MR) is 36.6 cm³/mol. The average molecular weight is 179 g/mol. The van der Waals surface area contributed by atoms with Crippen LogP contribution in [0.1, 0.15) is 0 Å². The highest BCUT2D eigenvalue weighted by molar-refractivity contribution is 9.12. The predicted octanol–water partition coefficient (Wildman–Crippen LogP) is 2.14. The lowest BCUT2D eigenvalue weighted by Gasteiger charge is -1.78. The summed E-state index contributed by atoms with van der Waals surface area (Å²) in [6.45, 7) is 3.53. The Morgan fingerprint density at radius 3 is 2.57 bits per heavy atom. The molecule has 0 rings (SSSR count). The molecule has 0 spiro atoms. The average Bonchev–Trinajstić information content (AvgIpc) is 1.68. The fourth-order valence-electron chi connectivity index (χ4n) is 0.100. The van der Waals surface area contributed by atoms with E-state index in [-0.39, 0.29) is 0 Å². The van der Waals surface area contributed by atoms with Gasteiger partial charge < -0.3 is 0 Å². The van der Waals surface area contributed by atoms with Crippen LogP contribution in [0.25, 0.3) is 0 Å². The Morgan fingerprint density at radius 2 is 2.43 bits per heavy atom. The number of allylic oxidation sites excluding steroid dienone is 1. The van der Waals surface area contributed by atoms with Crippen molar-refractivity contribution in [3.63, 3.8) is 0 Å². The number of hydrogen-bond acceptors (Lipinski definition) is 0. The van der Waals surface area contributed by atoms with Gasteiger partial charge in [-0.1, -0.05) is 12.5 Å². The standard InChI is InChI=1S/C5H4BrCl/c1-5(4-7)2-3-6/h1,4H2. The van der Waals surface area contributed by atoms with Gasteiger partial charge in [0, 0.05) is 21.5 Å². The Balaban J connectivity index is 3.52. The van der Waals surface area contributed by atoms with Crippen molar-refractivity contribution in [1.29, 1.82) is 0 Å². The minimum Gasteiger partial charge on any atom is -0.121 e. The van der Waals surface area contributed by atoms with Crippen molar-refractivity contribution in [3.8, 4) is 10.8 Å². The fourth-order valence-corrected chi connectivity index (χ4v) is 0.447. The molecular weight excluding hydrogens is 175 g/mol. The molecule has 0 aromatic carbocycles. The van der Waals surface area contributed by atoms with E-state index < -0.39 is 0 Å². The van der Waals surface area contributed by atoms with E-state index in [2.05, 4.69) is 33.3 Å². The lowest BCUT2D eigenvalue weighted by molar-refractivity contribution is 1.64. The van der Waals surface area contributed by atoms with E-state index >= 15 is 0 Å². The summed E-state index contributed by atoms with van der Waals surface area (Å²) in [4.78, 5) is 2.50. The van der Waals surface area contributed by atoms with E-state index in [1.807, 2.05) is 0 Å². The minimum absolute atomic E-state index is 0.415. The lowest BCUT2D eigenvalue weighted by atomic mass is 10.4. The van der Waals surface area contributed by atoms with Crippen LogP contribution < -0.4 is 0 Å². The first-order valence-corrected chi connectivity index (χ1v) is 2.99.